The van der Waals surface area contributed by atoms with Crippen molar-refractivity contribution in [3.63, 3.8) is 0 Å². The molecule has 4 heteroatoms. The number of hydrogen-bond donors (Lipinski definition) is 0. The molecule has 1 aliphatic heterocycles. The molecule has 2 rings (SSSR count). The van der Waals surface area contributed by atoms with E-state index in [-0.39, 0.29) is 10.8 Å². The minimum atomic E-state index is -0.388. The average Bonchev–Trinajstić information content (AvgIpc) is 2.33. The van der Waals surface area contributed by atoms with E-state index < -0.39 is 0 Å². The summed E-state index contributed by atoms with van der Waals surface area (Å²) in [6, 6.07) is 7.02. The number of benzene rings is 1. The van der Waals surface area contributed by atoms with Crippen LogP contribution in [0.25, 0.3) is 0 Å². The first-order chi connectivity index (χ1) is 8.20. The molecule has 0 bridgehead atoms. The number of halogens is 2. The quantitative estimate of drug-likeness (QED) is 0.804. The molecule has 1 atom stereocenters. The summed E-state index contributed by atoms with van der Waals surface area (Å²) < 4.78 is 13.1. The molecular weight excluding hydrogens is 239 g/mol. The lowest BCUT2D eigenvalue weighted by molar-refractivity contribution is 0.422. The van der Waals surface area contributed by atoms with Crippen LogP contribution in [-0.2, 0) is 0 Å². The third kappa shape index (κ3) is 2.89. The van der Waals surface area contributed by atoms with Crippen LogP contribution in [0.1, 0.15) is 19.3 Å². The number of rotatable bonds is 2. The largest absolute Gasteiger partial charge is 0.371 e. The highest BCUT2D eigenvalue weighted by Gasteiger charge is 2.20. The lowest BCUT2D eigenvalue weighted by atomic mass is 9.95. The van der Waals surface area contributed by atoms with E-state index in [9.17, 15) is 4.39 Å². The molecule has 1 aromatic rings. The Bertz CT molecular complexity index is 442. The van der Waals surface area contributed by atoms with E-state index in [2.05, 4.69) is 11.0 Å². The van der Waals surface area contributed by atoms with Crippen LogP contribution >= 0.6 is 11.6 Å². The topological polar surface area (TPSA) is 27.0 Å². The van der Waals surface area contributed by atoms with Crippen molar-refractivity contribution in [1.29, 1.82) is 5.26 Å². The predicted molar refractivity (Wildman–Crippen MR) is 66.6 cm³/mol. The second kappa shape index (κ2) is 5.37. The number of nitriles is 1. The summed E-state index contributed by atoms with van der Waals surface area (Å²) in [5.74, 6) is 0.0265. The third-order valence-corrected chi connectivity index (χ3v) is 3.46. The second-order valence-corrected chi connectivity index (χ2v) is 4.82. The number of hydrogen-bond acceptors (Lipinski definition) is 2. The molecule has 2 nitrogen and oxygen atoms in total. The van der Waals surface area contributed by atoms with Gasteiger partial charge in [-0.15, -0.1) is 0 Å². The Balaban J connectivity index is 2.11. The highest BCUT2D eigenvalue weighted by atomic mass is 35.5. The summed E-state index contributed by atoms with van der Waals surface area (Å²) in [5, 5.41) is 8.87. The molecule has 1 heterocycles. The molecule has 0 aromatic heterocycles. The van der Waals surface area contributed by atoms with Crippen molar-refractivity contribution in [2.24, 2.45) is 5.92 Å². The van der Waals surface area contributed by atoms with Crippen LogP contribution in [-0.4, -0.2) is 13.1 Å². The summed E-state index contributed by atoms with van der Waals surface area (Å²) in [7, 11) is 0. The standard InChI is InChI=1S/C13H14ClFN2/c14-12-8-11(3-4-13(12)15)17-7-1-2-10(9-17)5-6-16/h3-4,8,10H,1-2,5,7,9H2. The summed E-state index contributed by atoms with van der Waals surface area (Å²) >= 11 is 5.78. The predicted octanol–water partition coefficient (Wildman–Crippen LogP) is 3.61. The van der Waals surface area contributed by atoms with Crippen LogP contribution in [0.2, 0.25) is 5.02 Å². The van der Waals surface area contributed by atoms with Crippen molar-refractivity contribution < 1.29 is 4.39 Å². The Hall–Kier alpha value is -1.27. The van der Waals surface area contributed by atoms with E-state index in [1.165, 1.54) is 6.07 Å². The Morgan fingerprint density at radius 2 is 2.35 bits per heavy atom. The van der Waals surface area contributed by atoms with Gasteiger partial charge in [-0.2, -0.15) is 5.26 Å². The molecule has 1 unspecified atom stereocenters. The van der Waals surface area contributed by atoms with Crippen LogP contribution in [0, 0.1) is 23.1 Å². The average molecular weight is 253 g/mol. The maximum Gasteiger partial charge on any atom is 0.141 e. The lowest BCUT2D eigenvalue weighted by Crippen LogP contribution is -2.35. The lowest BCUT2D eigenvalue weighted by Gasteiger charge is -2.33. The van der Waals surface area contributed by atoms with Crippen molar-refractivity contribution in [3.8, 4) is 6.07 Å². The molecule has 0 saturated carbocycles. The molecule has 90 valence electrons. The van der Waals surface area contributed by atoms with E-state index >= 15 is 0 Å². The van der Waals surface area contributed by atoms with E-state index in [0.717, 1.165) is 31.6 Å². The van der Waals surface area contributed by atoms with Crippen LogP contribution < -0.4 is 4.90 Å². The number of piperidine rings is 1. The normalized spacial score (nSPS) is 20.1. The fraction of sp³-hybridized carbons (Fsp3) is 0.462. The van der Waals surface area contributed by atoms with Crippen molar-refractivity contribution in [3.05, 3.63) is 29.0 Å². The maximum atomic E-state index is 13.1. The molecule has 1 aromatic carbocycles. The van der Waals surface area contributed by atoms with Gasteiger partial charge in [-0.1, -0.05) is 11.6 Å². The van der Waals surface area contributed by atoms with Gasteiger partial charge in [-0.3, -0.25) is 0 Å². The van der Waals surface area contributed by atoms with E-state index in [1.54, 1.807) is 12.1 Å². The minimum Gasteiger partial charge on any atom is -0.371 e. The monoisotopic (exact) mass is 252 g/mol. The second-order valence-electron chi connectivity index (χ2n) is 4.41. The van der Waals surface area contributed by atoms with Crippen molar-refractivity contribution in [2.75, 3.05) is 18.0 Å². The van der Waals surface area contributed by atoms with Crippen LogP contribution in [0.5, 0.6) is 0 Å². The Labute approximate surface area is 106 Å². The van der Waals surface area contributed by atoms with Gasteiger partial charge in [-0.25, -0.2) is 4.39 Å². The molecule has 1 saturated heterocycles. The Morgan fingerprint density at radius 3 is 3.06 bits per heavy atom. The molecule has 1 aliphatic rings. The van der Waals surface area contributed by atoms with Gasteiger partial charge in [0.05, 0.1) is 11.1 Å². The summed E-state index contributed by atoms with van der Waals surface area (Å²) in [6.45, 7) is 1.80. The molecule has 1 fully saturated rings. The van der Waals surface area contributed by atoms with Crippen LogP contribution in [0.15, 0.2) is 18.2 Å². The van der Waals surface area contributed by atoms with E-state index in [1.807, 2.05) is 0 Å². The van der Waals surface area contributed by atoms with E-state index in [4.69, 9.17) is 16.9 Å². The summed E-state index contributed by atoms with van der Waals surface area (Å²) in [4.78, 5) is 2.18. The van der Waals surface area contributed by atoms with Gasteiger partial charge in [0.1, 0.15) is 5.82 Å². The highest BCUT2D eigenvalue weighted by molar-refractivity contribution is 6.31. The van der Waals surface area contributed by atoms with Crippen molar-refractivity contribution in [2.45, 2.75) is 19.3 Å². The van der Waals surface area contributed by atoms with Gasteiger partial charge in [0.15, 0.2) is 0 Å². The van der Waals surface area contributed by atoms with Gasteiger partial charge in [0.2, 0.25) is 0 Å². The molecule has 0 radical (unpaired) electrons. The molecule has 17 heavy (non-hydrogen) atoms. The summed E-state index contributed by atoms with van der Waals surface area (Å²) in [5.41, 5.74) is 0.944. The first-order valence-electron chi connectivity index (χ1n) is 5.77. The van der Waals surface area contributed by atoms with E-state index in [0.29, 0.717) is 12.3 Å². The molecule has 0 spiro atoms. The van der Waals surface area contributed by atoms with Crippen molar-refractivity contribution >= 4 is 17.3 Å². The highest BCUT2D eigenvalue weighted by Crippen LogP contribution is 2.27. The zero-order chi connectivity index (χ0) is 12.3. The summed E-state index contributed by atoms with van der Waals surface area (Å²) in [6.07, 6.45) is 2.76. The Morgan fingerprint density at radius 1 is 1.53 bits per heavy atom. The zero-order valence-electron chi connectivity index (χ0n) is 9.50. The van der Waals surface area contributed by atoms with Gasteiger partial charge in [-0.05, 0) is 37.0 Å². The van der Waals surface area contributed by atoms with Gasteiger partial charge in [0, 0.05) is 25.2 Å². The van der Waals surface area contributed by atoms with Gasteiger partial charge < -0.3 is 4.90 Å². The maximum absolute atomic E-state index is 13.1. The van der Waals surface area contributed by atoms with Crippen LogP contribution in [0.4, 0.5) is 10.1 Å². The van der Waals surface area contributed by atoms with Gasteiger partial charge >= 0.3 is 0 Å². The molecular formula is C13H14ClFN2. The first-order valence-corrected chi connectivity index (χ1v) is 6.15. The fourth-order valence-corrected chi connectivity index (χ4v) is 2.45. The zero-order valence-corrected chi connectivity index (χ0v) is 10.3. The smallest absolute Gasteiger partial charge is 0.141 e. The fourth-order valence-electron chi connectivity index (χ4n) is 2.28. The molecule has 0 aliphatic carbocycles. The van der Waals surface area contributed by atoms with Crippen molar-refractivity contribution in [1.82, 2.24) is 0 Å². The number of anilines is 1. The first kappa shape index (κ1) is 12.2. The molecule has 0 amide bonds. The number of nitrogens with zero attached hydrogens (tertiary/aromatic N) is 2. The third-order valence-electron chi connectivity index (χ3n) is 3.17. The SMILES string of the molecule is N#CCC1CCCN(c2ccc(F)c(Cl)c2)C1. The Kier molecular flexibility index (Phi) is 3.86. The van der Waals surface area contributed by atoms with Gasteiger partial charge in [0.25, 0.3) is 0 Å². The minimum absolute atomic E-state index is 0.157. The molecule has 0 N–H and O–H groups in total. The van der Waals surface area contributed by atoms with Crippen LogP contribution in [0.3, 0.4) is 0 Å².